The highest BCUT2D eigenvalue weighted by atomic mass is 32.2. The van der Waals surface area contributed by atoms with Gasteiger partial charge in [0.2, 0.25) is 0 Å². The molecular formula is C20H17NO5S. The Kier molecular flexibility index (Phi) is 4.53. The van der Waals surface area contributed by atoms with Gasteiger partial charge in [0, 0.05) is 11.9 Å². The number of anilines is 1. The molecule has 0 radical (unpaired) electrons. The minimum absolute atomic E-state index is 0.122. The fraction of sp³-hybridized carbons (Fsp3) is 0.200. The van der Waals surface area contributed by atoms with Crippen molar-refractivity contribution in [2.24, 2.45) is 0 Å². The van der Waals surface area contributed by atoms with Crippen LogP contribution in [-0.2, 0) is 0 Å². The van der Waals surface area contributed by atoms with Crippen molar-refractivity contribution in [1.29, 1.82) is 0 Å². The summed E-state index contributed by atoms with van der Waals surface area (Å²) in [6.07, 6.45) is 0. The minimum Gasteiger partial charge on any atom is -0.493 e. The third kappa shape index (κ3) is 3.14. The van der Waals surface area contributed by atoms with E-state index < -0.39 is 5.63 Å². The fourth-order valence-corrected chi connectivity index (χ4v) is 4.18. The topological polar surface area (TPSA) is 69.0 Å². The highest BCUT2D eigenvalue weighted by molar-refractivity contribution is 8.14. The molecule has 1 unspecified atom stereocenters. The van der Waals surface area contributed by atoms with Crippen LogP contribution in [0.2, 0.25) is 0 Å². The second-order valence-electron chi connectivity index (χ2n) is 6.05. The normalized spacial score (nSPS) is 16.7. The Hall–Kier alpha value is -2.93. The maximum atomic E-state index is 12.6. The molecule has 1 fully saturated rings. The molecule has 6 nitrogen and oxygen atoms in total. The van der Waals surface area contributed by atoms with E-state index in [2.05, 4.69) is 0 Å². The van der Waals surface area contributed by atoms with Gasteiger partial charge in [0.05, 0.1) is 19.5 Å². The number of para-hydroxylation sites is 1. The summed E-state index contributed by atoms with van der Waals surface area (Å²) < 4.78 is 16.0. The third-order valence-electron chi connectivity index (χ3n) is 4.51. The van der Waals surface area contributed by atoms with Crippen molar-refractivity contribution in [3.8, 4) is 11.5 Å². The first-order valence-electron chi connectivity index (χ1n) is 8.33. The van der Waals surface area contributed by atoms with E-state index in [0.717, 1.165) is 10.9 Å². The lowest BCUT2D eigenvalue weighted by Crippen LogP contribution is -2.27. The van der Waals surface area contributed by atoms with E-state index in [1.54, 1.807) is 32.4 Å². The number of ether oxygens (including phenoxy) is 2. The van der Waals surface area contributed by atoms with E-state index in [4.69, 9.17) is 13.9 Å². The number of hydrogen-bond donors (Lipinski definition) is 0. The minimum atomic E-state index is -0.518. The molecule has 1 saturated heterocycles. The Bertz CT molecular complexity index is 1080. The molecule has 2 aromatic carbocycles. The molecule has 27 heavy (non-hydrogen) atoms. The summed E-state index contributed by atoms with van der Waals surface area (Å²) in [4.78, 5) is 26.4. The number of carbonyl (C=O) groups is 1. The predicted octanol–water partition coefficient (Wildman–Crippen LogP) is 4.22. The Balaban J connectivity index is 1.67. The molecule has 0 spiro atoms. The highest BCUT2D eigenvalue weighted by Gasteiger charge is 2.35. The monoisotopic (exact) mass is 383 g/mol. The quantitative estimate of drug-likeness (QED) is 0.628. The predicted molar refractivity (Wildman–Crippen MR) is 105 cm³/mol. The van der Waals surface area contributed by atoms with E-state index in [0.29, 0.717) is 23.6 Å². The second kappa shape index (κ2) is 7.00. The Morgan fingerprint density at radius 2 is 1.81 bits per heavy atom. The third-order valence-corrected chi connectivity index (χ3v) is 5.63. The first kappa shape index (κ1) is 17.5. The lowest BCUT2D eigenvalue weighted by atomic mass is 10.1. The summed E-state index contributed by atoms with van der Waals surface area (Å²) in [5.74, 6) is 1.23. The molecule has 1 amide bonds. The highest BCUT2D eigenvalue weighted by Crippen LogP contribution is 2.42. The Morgan fingerprint density at radius 3 is 2.59 bits per heavy atom. The van der Waals surface area contributed by atoms with Crippen molar-refractivity contribution >= 4 is 33.7 Å². The summed E-state index contributed by atoms with van der Waals surface area (Å²) in [6.45, 7) is 0.377. The molecule has 1 aromatic heterocycles. The standard InChI is InChI=1S/C20H17NO5S/c1-24-16-8-7-13(10-17(16)25-2)18-11-21(20(23)27-18)14-9-12-5-3-4-6-15(12)26-19(14)22/h3-10,18H,11H2,1-2H3. The second-order valence-corrected chi connectivity index (χ2v) is 7.21. The summed E-state index contributed by atoms with van der Waals surface area (Å²) in [7, 11) is 3.15. The van der Waals surface area contributed by atoms with Gasteiger partial charge in [-0.25, -0.2) is 4.79 Å². The van der Waals surface area contributed by atoms with Crippen LogP contribution in [0.15, 0.2) is 57.7 Å². The van der Waals surface area contributed by atoms with Gasteiger partial charge in [0.1, 0.15) is 11.3 Å². The molecule has 138 valence electrons. The van der Waals surface area contributed by atoms with E-state index in [9.17, 15) is 9.59 Å². The van der Waals surface area contributed by atoms with Gasteiger partial charge in [-0.05, 0) is 29.8 Å². The van der Waals surface area contributed by atoms with Crippen molar-refractivity contribution < 1.29 is 18.7 Å². The number of carbonyl (C=O) groups excluding carboxylic acids is 1. The maximum Gasteiger partial charge on any atom is 0.360 e. The Labute approximate surface area is 159 Å². The van der Waals surface area contributed by atoms with Gasteiger partial charge in [-0.1, -0.05) is 36.0 Å². The van der Waals surface area contributed by atoms with Gasteiger partial charge in [0.15, 0.2) is 11.5 Å². The van der Waals surface area contributed by atoms with Gasteiger partial charge in [-0.2, -0.15) is 0 Å². The van der Waals surface area contributed by atoms with Crippen LogP contribution in [0.4, 0.5) is 10.5 Å². The van der Waals surface area contributed by atoms with Gasteiger partial charge in [0.25, 0.3) is 5.24 Å². The van der Waals surface area contributed by atoms with Crippen molar-refractivity contribution in [2.75, 3.05) is 25.7 Å². The number of amides is 1. The Morgan fingerprint density at radius 1 is 1.04 bits per heavy atom. The largest absolute Gasteiger partial charge is 0.493 e. The number of benzene rings is 2. The summed E-state index contributed by atoms with van der Waals surface area (Å²) in [5.41, 5.74) is 1.17. The zero-order valence-electron chi connectivity index (χ0n) is 14.8. The number of fused-ring (bicyclic) bond motifs is 1. The van der Waals surface area contributed by atoms with Crippen LogP contribution in [-0.4, -0.2) is 26.0 Å². The first-order valence-corrected chi connectivity index (χ1v) is 9.21. The van der Waals surface area contributed by atoms with Crippen LogP contribution in [0, 0.1) is 0 Å². The molecule has 1 atom stereocenters. The average Bonchev–Trinajstić information content (AvgIpc) is 3.08. The molecule has 4 rings (SSSR count). The zero-order valence-corrected chi connectivity index (χ0v) is 15.6. The van der Waals surface area contributed by atoms with Gasteiger partial charge in [-0.15, -0.1) is 0 Å². The molecule has 1 aliphatic rings. The van der Waals surface area contributed by atoms with Crippen LogP contribution in [0.5, 0.6) is 11.5 Å². The van der Waals surface area contributed by atoms with E-state index in [1.807, 2.05) is 30.3 Å². The summed E-state index contributed by atoms with van der Waals surface area (Å²) >= 11 is 1.18. The molecule has 0 saturated carbocycles. The van der Waals surface area contributed by atoms with Crippen LogP contribution in [0.1, 0.15) is 10.8 Å². The maximum absolute atomic E-state index is 12.6. The molecule has 3 aromatic rings. The van der Waals surface area contributed by atoms with Gasteiger partial charge in [-0.3, -0.25) is 9.69 Å². The average molecular weight is 383 g/mol. The molecule has 0 bridgehead atoms. The van der Waals surface area contributed by atoms with Crippen LogP contribution in [0.25, 0.3) is 11.0 Å². The van der Waals surface area contributed by atoms with Crippen LogP contribution < -0.4 is 20.0 Å². The van der Waals surface area contributed by atoms with Crippen molar-refractivity contribution in [3.05, 3.63) is 64.5 Å². The number of thioether (sulfide) groups is 1. The molecular weight excluding hydrogens is 366 g/mol. The molecule has 2 heterocycles. The lowest BCUT2D eigenvalue weighted by Gasteiger charge is -2.15. The van der Waals surface area contributed by atoms with Crippen molar-refractivity contribution in [3.63, 3.8) is 0 Å². The molecule has 1 aliphatic heterocycles. The van der Waals surface area contributed by atoms with Crippen molar-refractivity contribution in [2.45, 2.75) is 5.25 Å². The van der Waals surface area contributed by atoms with Crippen molar-refractivity contribution in [1.82, 2.24) is 0 Å². The summed E-state index contributed by atoms with van der Waals surface area (Å²) in [5, 5.41) is 0.472. The van der Waals surface area contributed by atoms with Gasteiger partial charge < -0.3 is 13.9 Å². The van der Waals surface area contributed by atoms with Crippen LogP contribution >= 0.6 is 11.8 Å². The lowest BCUT2D eigenvalue weighted by molar-refractivity contribution is 0.266. The number of rotatable bonds is 4. The van der Waals surface area contributed by atoms with Crippen LogP contribution in [0.3, 0.4) is 0 Å². The zero-order chi connectivity index (χ0) is 19.0. The molecule has 0 N–H and O–H groups in total. The number of hydrogen-bond acceptors (Lipinski definition) is 6. The van der Waals surface area contributed by atoms with E-state index in [-0.39, 0.29) is 16.2 Å². The van der Waals surface area contributed by atoms with Gasteiger partial charge >= 0.3 is 5.63 Å². The van der Waals surface area contributed by atoms with E-state index >= 15 is 0 Å². The van der Waals surface area contributed by atoms with E-state index in [1.165, 1.54) is 16.7 Å². The molecule has 7 heteroatoms. The smallest absolute Gasteiger partial charge is 0.360 e. The number of methoxy groups -OCH3 is 2. The molecule has 0 aliphatic carbocycles. The summed E-state index contributed by atoms with van der Waals surface area (Å²) in [6, 6.07) is 14.5. The SMILES string of the molecule is COc1ccc(C2CN(c3cc4ccccc4oc3=O)C(=O)S2)cc1OC. The number of nitrogens with zero attached hydrogens (tertiary/aromatic N) is 1. The first-order chi connectivity index (χ1) is 13.1. The fourth-order valence-electron chi connectivity index (χ4n) is 3.13.